The number of sulfonamides is 1. The number of carbonyl (C=O) groups is 1. The van der Waals surface area contributed by atoms with Gasteiger partial charge in [0.15, 0.2) is 0 Å². The molecule has 0 aliphatic heterocycles. The van der Waals surface area contributed by atoms with E-state index in [9.17, 15) is 13.2 Å². The van der Waals surface area contributed by atoms with E-state index in [1.54, 1.807) is 31.4 Å². The largest absolute Gasteiger partial charge is 0.497 e. The number of ether oxygens (including phenoxy) is 1. The van der Waals surface area contributed by atoms with Crippen molar-refractivity contribution in [1.29, 1.82) is 0 Å². The van der Waals surface area contributed by atoms with Crippen molar-refractivity contribution in [3.8, 4) is 5.75 Å². The Balaban J connectivity index is 2.49. The van der Waals surface area contributed by atoms with Crippen LogP contribution in [-0.4, -0.2) is 51.6 Å². The number of rotatable bonds is 10. The maximum atomic E-state index is 12.0. The number of amides is 1. The van der Waals surface area contributed by atoms with Gasteiger partial charge < -0.3 is 10.1 Å². The molecule has 0 atom stereocenters. The van der Waals surface area contributed by atoms with Crippen LogP contribution in [0.5, 0.6) is 5.75 Å². The van der Waals surface area contributed by atoms with Gasteiger partial charge in [-0.25, -0.2) is 12.7 Å². The van der Waals surface area contributed by atoms with Crippen molar-refractivity contribution < 1.29 is 17.9 Å². The number of nitrogens with one attached hydrogen (secondary N) is 1. The first-order valence-corrected chi connectivity index (χ1v) is 9.60. The molecule has 1 rings (SSSR count). The Hall–Kier alpha value is -1.60. The van der Waals surface area contributed by atoms with Gasteiger partial charge in [0.05, 0.1) is 13.4 Å². The summed E-state index contributed by atoms with van der Waals surface area (Å²) in [5, 5.41) is 2.74. The van der Waals surface area contributed by atoms with Crippen molar-refractivity contribution in [3.63, 3.8) is 0 Å². The van der Waals surface area contributed by atoms with Gasteiger partial charge >= 0.3 is 0 Å². The predicted octanol–water partition coefficient (Wildman–Crippen LogP) is 1.88. The summed E-state index contributed by atoms with van der Waals surface area (Å²) in [4.78, 5) is 12.0. The van der Waals surface area contributed by atoms with E-state index in [1.807, 2.05) is 0 Å². The zero-order chi connectivity index (χ0) is 17.3. The zero-order valence-electron chi connectivity index (χ0n) is 14.0. The first kappa shape index (κ1) is 19.4. The number of carbonyl (C=O) groups excluding carboxylic acids is 1. The molecule has 0 aromatic heterocycles. The molecule has 0 saturated carbocycles. The van der Waals surface area contributed by atoms with E-state index in [0.717, 1.165) is 19.3 Å². The highest BCUT2D eigenvalue weighted by Gasteiger charge is 2.16. The summed E-state index contributed by atoms with van der Waals surface area (Å²) in [5.74, 6) is 0.454. The maximum absolute atomic E-state index is 12.0. The molecule has 7 heteroatoms. The molecule has 130 valence electrons. The van der Waals surface area contributed by atoms with Gasteiger partial charge in [0.25, 0.3) is 5.91 Å². The molecule has 0 bridgehead atoms. The van der Waals surface area contributed by atoms with E-state index in [1.165, 1.54) is 10.6 Å². The summed E-state index contributed by atoms with van der Waals surface area (Å²) in [7, 11) is -1.69. The minimum Gasteiger partial charge on any atom is -0.497 e. The van der Waals surface area contributed by atoms with Gasteiger partial charge in [-0.2, -0.15) is 0 Å². The molecule has 1 N–H and O–H groups in total. The first-order valence-electron chi connectivity index (χ1n) is 7.76. The fraction of sp³-hybridized carbons (Fsp3) is 0.562. The van der Waals surface area contributed by atoms with Crippen LogP contribution in [0.3, 0.4) is 0 Å². The Labute approximate surface area is 138 Å². The molecule has 23 heavy (non-hydrogen) atoms. The molecular weight excluding hydrogens is 316 g/mol. The van der Waals surface area contributed by atoms with Crippen LogP contribution >= 0.6 is 0 Å². The Morgan fingerprint density at radius 3 is 2.35 bits per heavy atom. The molecule has 0 fully saturated rings. The maximum Gasteiger partial charge on any atom is 0.251 e. The third kappa shape index (κ3) is 7.00. The van der Waals surface area contributed by atoms with Crippen molar-refractivity contribution in [2.75, 3.05) is 33.0 Å². The van der Waals surface area contributed by atoms with Crippen molar-refractivity contribution in [2.24, 2.45) is 0 Å². The molecule has 0 spiro atoms. The molecule has 6 nitrogen and oxygen atoms in total. The third-order valence-electron chi connectivity index (χ3n) is 3.48. The highest BCUT2D eigenvalue weighted by Crippen LogP contribution is 2.11. The van der Waals surface area contributed by atoms with E-state index in [0.29, 0.717) is 17.9 Å². The number of methoxy groups -OCH3 is 1. The van der Waals surface area contributed by atoms with Crippen LogP contribution < -0.4 is 10.1 Å². The van der Waals surface area contributed by atoms with Crippen molar-refractivity contribution >= 4 is 15.9 Å². The lowest BCUT2D eigenvalue weighted by molar-refractivity contribution is 0.0951. The van der Waals surface area contributed by atoms with E-state index in [4.69, 9.17) is 4.74 Å². The van der Waals surface area contributed by atoms with Crippen LogP contribution in [0.4, 0.5) is 0 Å². The second-order valence-electron chi connectivity index (χ2n) is 5.35. The quantitative estimate of drug-likeness (QED) is 0.659. The zero-order valence-corrected chi connectivity index (χ0v) is 14.9. The highest BCUT2D eigenvalue weighted by atomic mass is 32.2. The molecule has 0 radical (unpaired) electrons. The van der Waals surface area contributed by atoms with Crippen LogP contribution in [0, 0.1) is 0 Å². The van der Waals surface area contributed by atoms with Crippen LogP contribution in [0.1, 0.15) is 36.5 Å². The van der Waals surface area contributed by atoms with Gasteiger partial charge in [0.1, 0.15) is 5.75 Å². The van der Waals surface area contributed by atoms with Crippen LogP contribution in [-0.2, 0) is 10.0 Å². The molecule has 0 saturated heterocycles. The molecule has 0 heterocycles. The Morgan fingerprint density at radius 1 is 1.17 bits per heavy atom. The van der Waals surface area contributed by atoms with Crippen molar-refractivity contribution in [3.05, 3.63) is 29.8 Å². The lowest BCUT2D eigenvalue weighted by Crippen LogP contribution is -2.38. The standard InChI is InChI=1S/C16H26N2O4S/c1-4-5-6-12-18(23(3,20)21)13-11-17-16(19)14-7-9-15(22-2)10-8-14/h7-10H,4-6,11-13H2,1-3H3,(H,17,19). The number of unbranched alkanes of at least 4 members (excludes halogenated alkanes) is 2. The summed E-state index contributed by atoms with van der Waals surface area (Å²) in [5.41, 5.74) is 0.516. The summed E-state index contributed by atoms with van der Waals surface area (Å²) in [6.45, 7) is 3.12. The van der Waals surface area contributed by atoms with E-state index in [-0.39, 0.29) is 19.0 Å². The van der Waals surface area contributed by atoms with Gasteiger partial charge in [-0.15, -0.1) is 0 Å². The normalized spacial score (nSPS) is 11.5. The molecule has 1 aromatic rings. The monoisotopic (exact) mass is 342 g/mol. The molecule has 1 aromatic carbocycles. The van der Waals surface area contributed by atoms with Gasteiger partial charge in [-0.3, -0.25) is 4.79 Å². The predicted molar refractivity (Wildman–Crippen MR) is 91.3 cm³/mol. The van der Waals surface area contributed by atoms with Gasteiger partial charge in [-0.05, 0) is 30.7 Å². The number of nitrogens with zero attached hydrogens (tertiary/aromatic N) is 1. The Morgan fingerprint density at radius 2 is 1.83 bits per heavy atom. The molecular formula is C16H26N2O4S. The van der Waals surface area contributed by atoms with Crippen LogP contribution in [0.25, 0.3) is 0 Å². The summed E-state index contributed by atoms with van der Waals surface area (Å²) in [6, 6.07) is 6.76. The lowest BCUT2D eigenvalue weighted by atomic mass is 10.2. The van der Waals surface area contributed by atoms with E-state index >= 15 is 0 Å². The summed E-state index contributed by atoms with van der Waals surface area (Å²) in [6.07, 6.45) is 4.05. The highest BCUT2D eigenvalue weighted by molar-refractivity contribution is 7.88. The summed E-state index contributed by atoms with van der Waals surface area (Å²) < 4.78 is 29.9. The SMILES string of the molecule is CCCCCN(CCNC(=O)c1ccc(OC)cc1)S(C)(=O)=O. The second kappa shape index (κ2) is 9.52. The topological polar surface area (TPSA) is 75.7 Å². The minimum absolute atomic E-state index is 0.227. The third-order valence-corrected chi connectivity index (χ3v) is 4.78. The van der Waals surface area contributed by atoms with Crippen LogP contribution in [0.15, 0.2) is 24.3 Å². The fourth-order valence-electron chi connectivity index (χ4n) is 2.12. The molecule has 0 aliphatic rings. The number of benzene rings is 1. The first-order chi connectivity index (χ1) is 10.9. The minimum atomic E-state index is -3.25. The fourth-order valence-corrected chi connectivity index (χ4v) is 3.00. The van der Waals surface area contributed by atoms with Crippen LogP contribution in [0.2, 0.25) is 0 Å². The van der Waals surface area contributed by atoms with Gasteiger partial charge in [-0.1, -0.05) is 19.8 Å². The average molecular weight is 342 g/mol. The lowest BCUT2D eigenvalue weighted by Gasteiger charge is -2.20. The molecule has 1 amide bonds. The van der Waals surface area contributed by atoms with Gasteiger partial charge in [0.2, 0.25) is 10.0 Å². The van der Waals surface area contributed by atoms with E-state index in [2.05, 4.69) is 12.2 Å². The molecule has 0 aliphatic carbocycles. The smallest absolute Gasteiger partial charge is 0.251 e. The van der Waals surface area contributed by atoms with Gasteiger partial charge in [0, 0.05) is 25.2 Å². The van der Waals surface area contributed by atoms with E-state index < -0.39 is 10.0 Å². The Bertz CT molecular complexity index is 585. The number of hydrogen-bond donors (Lipinski definition) is 1. The second-order valence-corrected chi connectivity index (χ2v) is 7.34. The Kier molecular flexibility index (Phi) is 8.05. The molecule has 0 unspecified atom stereocenters. The van der Waals surface area contributed by atoms with Crippen molar-refractivity contribution in [2.45, 2.75) is 26.2 Å². The van der Waals surface area contributed by atoms with Crippen molar-refractivity contribution in [1.82, 2.24) is 9.62 Å². The average Bonchev–Trinajstić information content (AvgIpc) is 2.52. The summed E-state index contributed by atoms with van der Waals surface area (Å²) >= 11 is 0. The number of hydrogen-bond acceptors (Lipinski definition) is 4.